The topological polar surface area (TPSA) is 114 Å². The highest BCUT2D eigenvalue weighted by molar-refractivity contribution is 6.32. The summed E-state index contributed by atoms with van der Waals surface area (Å²) in [6.07, 6.45) is -4.23. The van der Waals surface area contributed by atoms with Crippen LogP contribution in [-0.4, -0.2) is 48.8 Å². The minimum atomic E-state index is -4.68. The molecule has 3 heterocycles. The van der Waals surface area contributed by atoms with E-state index >= 15 is 0 Å². The summed E-state index contributed by atoms with van der Waals surface area (Å²) in [6, 6.07) is 5.65. The SMILES string of the molecule is CCn1c(CO)nn(-c2cc(OC(C)C(F)(F)F)c3c(Oc4cc(OC)ncc4Cl)nccc3c2)c1=O. The van der Waals surface area contributed by atoms with Gasteiger partial charge in [0.05, 0.1) is 24.4 Å². The second-order valence-electron chi connectivity index (χ2n) is 7.73. The first-order chi connectivity index (χ1) is 17.6. The second kappa shape index (κ2) is 10.3. The van der Waals surface area contributed by atoms with E-state index in [0.29, 0.717) is 5.39 Å². The van der Waals surface area contributed by atoms with E-state index in [2.05, 4.69) is 15.1 Å². The van der Waals surface area contributed by atoms with Crippen molar-refractivity contribution in [1.29, 1.82) is 0 Å². The Hall–Kier alpha value is -3.84. The Morgan fingerprint density at radius 2 is 1.95 bits per heavy atom. The summed E-state index contributed by atoms with van der Waals surface area (Å²) in [5.41, 5.74) is -0.466. The molecule has 0 aliphatic carbocycles. The second-order valence-corrected chi connectivity index (χ2v) is 8.14. The summed E-state index contributed by atoms with van der Waals surface area (Å²) in [6.45, 7) is 2.27. The molecule has 0 saturated carbocycles. The molecule has 0 bridgehead atoms. The molecule has 1 N–H and O–H groups in total. The van der Waals surface area contributed by atoms with Gasteiger partial charge in [-0.2, -0.15) is 17.9 Å². The van der Waals surface area contributed by atoms with Crippen LogP contribution in [0.25, 0.3) is 16.5 Å². The van der Waals surface area contributed by atoms with Crippen LogP contribution in [0.15, 0.2) is 41.5 Å². The molecule has 1 aromatic carbocycles. The van der Waals surface area contributed by atoms with Gasteiger partial charge in [0.1, 0.15) is 17.4 Å². The largest absolute Gasteiger partial charge is 0.481 e. The molecule has 0 fully saturated rings. The van der Waals surface area contributed by atoms with Crippen LogP contribution < -0.4 is 19.9 Å². The first-order valence-corrected chi connectivity index (χ1v) is 11.3. The third-order valence-corrected chi connectivity index (χ3v) is 5.68. The molecule has 0 aliphatic rings. The van der Waals surface area contributed by atoms with Crippen molar-refractivity contribution in [2.24, 2.45) is 0 Å². The molecule has 0 spiro atoms. The number of aromatic nitrogens is 5. The van der Waals surface area contributed by atoms with Crippen molar-refractivity contribution < 1.29 is 32.5 Å². The summed E-state index contributed by atoms with van der Waals surface area (Å²) in [4.78, 5) is 21.0. The molecule has 14 heteroatoms. The van der Waals surface area contributed by atoms with Crippen LogP contribution in [0.5, 0.6) is 23.3 Å². The van der Waals surface area contributed by atoms with Crippen molar-refractivity contribution in [3.8, 4) is 28.9 Å². The van der Waals surface area contributed by atoms with E-state index in [4.69, 9.17) is 25.8 Å². The molecule has 196 valence electrons. The molecule has 3 aromatic heterocycles. The van der Waals surface area contributed by atoms with Crippen molar-refractivity contribution in [3.05, 3.63) is 58.0 Å². The average molecular weight is 540 g/mol. The third-order valence-electron chi connectivity index (χ3n) is 5.39. The zero-order valence-corrected chi connectivity index (χ0v) is 20.5. The smallest absolute Gasteiger partial charge is 0.425 e. The first-order valence-electron chi connectivity index (χ1n) is 10.9. The summed E-state index contributed by atoms with van der Waals surface area (Å²) in [5.74, 6) is 0.0125. The van der Waals surface area contributed by atoms with Crippen LogP contribution in [0.1, 0.15) is 19.7 Å². The number of hydrogen-bond donors (Lipinski definition) is 1. The standard InChI is InChI=1S/C23H21ClF3N5O5/c1-4-31-18(11-33)30-32(22(31)34)14-7-13-5-6-28-21(37-16-9-19(35-3)29-10-15(16)24)20(13)17(8-14)36-12(2)23(25,26)27/h5-10,12,33H,4,11H2,1-3H3. The lowest BCUT2D eigenvalue weighted by molar-refractivity contribution is -0.189. The lowest BCUT2D eigenvalue weighted by atomic mass is 10.1. The van der Waals surface area contributed by atoms with Crippen LogP contribution in [0.4, 0.5) is 13.2 Å². The number of methoxy groups -OCH3 is 1. The highest BCUT2D eigenvalue weighted by Crippen LogP contribution is 2.40. The third kappa shape index (κ3) is 5.18. The number of nitrogens with zero attached hydrogens (tertiary/aromatic N) is 5. The van der Waals surface area contributed by atoms with Gasteiger partial charge in [0.15, 0.2) is 17.7 Å². The highest BCUT2D eigenvalue weighted by Gasteiger charge is 2.38. The number of aliphatic hydroxyl groups excluding tert-OH is 1. The number of rotatable bonds is 8. The first kappa shape index (κ1) is 26.2. The maximum atomic E-state index is 13.4. The van der Waals surface area contributed by atoms with E-state index in [-0.39, 0.29) is 51.7 Å². The summed E-state index contributed by atoms with van der Waals surface area (Å²) in [5, 5.41) is 14.2. The van der Waals surface area contributed by atoms with Gasteiger partial charge in [0, 0.05) is 24.9 Å². The van der Waals surface area contributed by atoms with E-state index in [1.165, 1.54) is 48.3 Å². The Morgan fingerprint density at radius 3 is 2.57 bits per heavy atom. The van der Waals surface area contributed by atoms with Gasteiger partial charge in [-0.15, -0.1) is 5.10 Å². The fraction of sp³-hybridized carbons (Fsp3) is 0.304. The lowest BCUT2D eigenvalue weighted by Gasteiger charge is -2.20. The molecule has 1 atom stereocenters. The fourth-order valence-electron chi connectivity index (χ4n) is 3.52. The zero-order chi connectivity index (χ0) is 26.9. The molecule has 4 aromatic rings. The van der Waals surface area contributed by atoms with Gasteiger partial charge in [0.25, 0.3) is 0 Å². The summed E-state index contributed by atoms with van der Waals surface area (Å²) < 4.78 is 58.8. The Morgan fingerprint density at radius 1 is 1.19 bits per heavy atom. The predicted octanol–water partition coefficient (Wildman–Crippen LogP) is 4.27. The number of alkyl halides is 3. The van der Waals surface area contributed by atoms with Crippen LogP contribution in [0.3, 0.4) is 0 Å². The molecule has 0 aliphatic heterocycles. The van der Waals surface area contributed by atoms with Crippen molar-refractivity contribution in [1.82, 2.24) is 24.3 Å². The normalized spacial score (nSPS) is 12.5. The maximum Gasteiger partial charge on any atom is 0.425 e. The summed E-state index contributed by atoms with van der Waals surface area (Å²) >= 11 is 6.19. The summed E-state index contributed by atoms with van der Waals surface area (Å²) in [7, 11) is 1.40. The van der Waals surface area contributed by atoms with Gasteiger partial charge in [0.2, 0.25) is 11.8 Å². The fourth-order valence-corrected chi connectivity index (χ4v) is 3.66. The Kier molecular flexibility index (Phi) is 7.28. The number of pyridine rings is 2. The molecule has 1 unspecified atom stereocenters. The van der Waals surface area contributed by atoms with E-state index in [9.17, 15) is 23.1 Å². The van der Waals surface area contributed by atoms with Crippen molar-refractivity contribution in [2.75, 3.05) is 7.11 Å². The molecule has 0 saturated heterocycles. The van der Waals surface area contributed by atoms with Crippen LogP contribution in [0, 0.1) is 0 Å². The van der Waals surface area contributed by atoms with Gasteiger partial charge in [-0.3, -0.25) is 4.57 Å². The maximum absolute atomic E-state index is 13.4. The lowest BCUT2D eigenvalue weighted by Crippen LogP contribution is -2.31. The molecule has 0 radical (unpaired) electrons. The number of ether oxygens (including phenoxy) is 3. The van der Waals surface area contributed by atoms with Gasteiger partial charge in [-0.05, 0) is 31.4 Å². The number of hydrogen-bond acceptors (Lipinski definition) is 8. The van der Waals surface area contributed by atoms with E-state index in [1.54, 1.807) is 6.92 Å². The Labute approximate surface area is 212 Å². The van der Waals surface area contributed by atoms with E-state index < -0.39 is 24.6 Å². The van der Waals surface area contributed by atoms with E-state index in [0.717, 1.165) is 11.6 Å². The average Bonchev–Trinajstić information content (AvgIpc) is 3.19. The number of fused-ring (bicyclic) bond motifs is 1. The minimum Gasteiger partial charge on any atom is -0.481 e. The van der Waals surface area contributed by atoms with Crippen LogP contribution >= 0.6 is 11.6 Å². The van der Waals surface area contributed by atoms with Gasteiger partial charge in [-0.25, -0.2) is 14.8 Å². The highest BCUT2D eigenvalue weighted by atomic mass is 35.5. The predicted molar refractivity (Wildman–Crippen MR) is 127 cm³/mol. The number of aliphatic hydroxyl groups is 1. The Bertz CT molecular complexity index is 1500. The van der Waals surface area contributed by atoms with Crippen LogP contribution in [0.2, 0.25) is 5.02 Å². The van der Waals surface area contributed by atoms with Crippen LogP contribution in [-0.2, 0) is 13.2 Å². The van der Waals surface area contributed by atoms with Crippen molar-refractivity contribution in [3.63, 3.8) is 0 Å². The number of benzene rings is 1. The van der Waals surface area contributed by atoms with Gasteiger partial charge in [-0.1, -0.05) is 11.6 Å². The quantitative estimate of drug-likeness (QED) is 0.353. The van der Waals surface area contributed by atoms with E-state index in [1.807, 2.05) is 0 Å². The molecular weight excluding hydrogens is 519 g/mol. The molecule has 0 amide bonds. The Balaban J connectivity index is 1.93. The number of halogens is 4. The van der Waals surface area contributed by atoms with Crippen molar-refractivity contribution in [2.45, 2.75) is 39.3 Å². The monoisotopic (exact) mass is 539 g/mol. The minimum absolute atomic E-state index is 0.0953. The molecule has 37 heavy (non-hydrogen) atoms. The van der Waals surface area contributed by atoms with Gasteiger partial charge < -0.3 is 19.3 Å². The van der Waals surface area contributed by atoms with Crippen molar-refractivity contribution >= 4 is 22.4 Å². The zero-order valence-electron chi connectivity index (χ0n) is 19.8. The molecule has 10 nitrogen and oxygen atoms in total. The van der Waals surface area contributed by atoms with Gasteiger partial charge >= 0.3 is 11.9 Å². The molecule has 4 rings (SSSR count). The molecular formula is C23H21ClF3N5O5.